The van der Waals surface area contributed by atoms with E-state index < -0.39 is 10.0 Å². The molecule has 0 heterocycles. The Morgan fingerprint density at radius 3 is 2.30 bits per heavy atom. The lowest BCUT2D eigenvalue weighted by Crippen LogP contribution is -2.37. The van der Waals surface area contributed by atoms with Crippen LogP contribution in [-0.4, -0.2) is 14.5 Å². The summed E-state index contributed by atoms with van der Waals surface area (Å²) in [4.78, 5) is 0.231. The summed E-state index contributed by atoms with van der Waals surface area (Å²) in [5.41, 5.74) is 0.465. The van der Waals surface area contributed by atoms with Gasteiger partial charge in [-0.25, -0.2) is 13.1 Å². The quantitative estimate of drug-likeness (QED) is 0.927. The summed E-state index contributed by atoms with van der Waals surface area (Å²) < 4.78 is 27.3. The molecule has 5 heteroatoms. The summed E-state index contributed by atoms with van der Waals surface area (Å²) in [6.45, 7) is 2.19. The van der Waals surface area contributed by atoms with Crippen molar-refractivity contribution >= 4 is 10.0 Å². The van der Waals surface area contributed by atoms with E-state index in [0.29, 0.717) is 5.56 Å². The van der Waals surface area contributed by atoms with Crippen LogP contribution in [0.1, 0.15) is 44.6 Å². The molecule has 0 saturated heterocycles. The van der Waals surface area contributed by atoms with Crippen LogP contribution in [0.15, 0.2) is 29.2 Å². The topological polar surface area (TPSA) is 70.0 Å². The highest BCUT2D eigenvalue weighted by Crippen LogP contribution is 2.27. The van der Waals surface area contributed by atoms with Gasteiger partial charge in [0.2, 0.25) is 10.0 Å². The third-order valence-electron chi connectivity index (χ3n) is 4.04. The van der Waals surface area contributed by atoms with E-state index in [-0.39, 0.29) is 10.9 Å². The molecule has 0 bridgehead atoms. The van der Waals surface area contributed by atoms with Gasteiger partial charge in [-0.1, -0.05) is 13.3 Å². The lowest BCUT2D eigenvalue weighted by atomic mass is 9.85. The number of nitriles is 1. The van der Waals surface area contributed by atoms with E-state index in [2.05, 4.69) is 11.6 Å². The minimum Gasteiger partial charge on any atom is -0.208 e. The van der Waals surface area contributed by atoms with Gasteiger partial charge >= 0.3 is 0 Å². The van der Waals surface area contributed by atoms with Gasteiger partial charge in [0.25, 0.3) is 0 Å². The SMILES string of the molecule is CCC1CCC(NS(=O)(=O)c2ccc(C#N)cc2)CC1. The van der Waals surface area contributed by atoms with Crippen molar-refractivity contribution in [1.29, 1.82) is 5.26 Å². The molecule has 20 heavy (non-hydrogen) atoms. The molecular formula is C15H20N2O2S. The number of hydrogen-bond donors (Lipinski definition) is 1. The summed E-state index contributed by atoms with van der Waals surface area (Å²) >= 11 is 0. The highest BCUT2D eigenvalue weighted by atomic mass is 32.2. The standard InChI is InChI=1S/C15H20N2O2S/c1-2-12-3-7-14(8-4-12)17-20(18,19)15-9-5-13(11-16)6-10-15/h5-6,9-10,12,14,17H,2-4,7-8H2,1H3. The predicted molar refractivity (Wildman–Crippen MR) is 77.5 cm³/mol. The molecule has 108 valence electrons. The Morgan fingerprint density at radius 2 is 1.80 bits per heavy atom. The van der Waals surface area contributed by atoms with E-state index in [4.69, 9.17) is 5.26 Å². The maximum atomic E-state index is 12.3. The molecule has 4 nitrogen and oxygen atoms in total. The lowest BCUT2D eigenvalue weighted by Gasteiger charge is -2.28. The second-order valence-corrected chi connectivity index (χ2v) is 7.10. The number of hydrogen-bond acceptors (Lipinski definition) is 3. The van der Waals surface area contributed by atoms with Gasteiger partial charge in [-0.3, -0.25) is 0 Å². The van der Waals surface area contributed by atoms with E-state index in [9.17, 15) is 8.42 Å². The second kappa shape index (κ2) is 6.38. The van der Waals surface area contributed by atoms with Crippen molar-refractivity contribution in [3.63, 3.8) is 0 Å². The smallest absolute Gasteiger partial charge is 0.208 e. The summed E-state index contributed by atoms with van der Waals surface area (Å²) in [6.07, 6.45) is 5.19. The monoisotopic (exact) mass is 292 g/mol. The van der Waals surface area contributed by atoms with Crippen LogP contribution in [0.4, 0.5) is 0 Å². The number of nitrogens with one attached hydrogen (secondary N) is 1. The van der Waals surface area contributed by atoms with Crippen molar-refractivity contribution in [2.45, 2.75) is 50.0 Å². The number of sulfonamides is 1. The average molecular weight is 292 g/mol. The van der Waals surface area contributed by atoms with E-state index >= 15 is 0 Å². The zero-order chi connectivity index (χ0) is 14.6. The highest BCUT2D eigenvalue weighted by Gasteiger charge is 2.24. The molecule has 1 aliphatic carbocycles. The maximum absolute atomic E-state index is 12.3. The van der Waals surface area contributed by atoms with Crippen LogP contribution < -0.4 is 4.72 Å². The number of nitrogens with zero attached hydrogens (tertiary/aromatic N) is 1. The third-order valence-corrected chi connectivity index (χ3v) is 5.58. The van der Waals surface area contributed by atoms with Crippen molar-refractivity contribution in [1.82, 2.24) is 4.72 Å². The first-order chi connectivity index (χ1) is 9.55. The maximum Gasteiger partial charge on any atom is 0.240 e. The fraction of sp³-hybridized carbons (Fsp3) is 0.533. The van der Waals surface area contributed by atoms with Crippen LogP contribution in [0, 0.1) is 17.2 Å². The van der Waals surface area contributed by atoms with Crippen molar-refractivity contribution < 1.29 is 8.42 Å². The first-order valence-electron chi connectivity index (χ1n) is 7.07. The second-order valence-electron chi connectivity index (χ2n) is 5.38. The van der Waals surface area contributed by atoms with Gasteiger partial charge in [-0.15, -0.1) is 0 Å². The molecule has 0 unspecified atom stereocenters. The molecule has 0 amide bonds. The normalized spacial score (nSPS) is 23.2. The molecule has 1 N–H and O–H groups in total. The van der Waals surface area contributed by atoms with Crippen molar-refractivity contribution in [3.8, 4) is 6.07 Å². The van der Waals surface area contributed by atoms with E-state index in [1.807, 2.05) is 6.07 Å². The van der Waals surface area contributed by atoms with Crippen LogP contribution in [-0.2, 0) is 10.0 Å². The Hall–Kier alpha value is -1.38. The van der Waals surface area contributed by atoms with Gasteiger partial charge in [-0.05, 0) is 55.9 Å². The Bertz CT molecular complexity index is 579. The fourth-order valence-electron chi connectivity index (χ4n) is 2.68. The minimum atomic E-state index is -3.47. The largest absolute Gasteiger partial charge is 0.240 e. The molecular weight excluding hydrogens is 272 g/mol. The van der Waals surface area contributed by atoms with E-state index in [1.165, 1.54) is 30.7 Å². The van der Waals surface area contributed by atoms with Crippen LogP contribution in [0.5, 0.6) is 0 Å². The molecule has 1 aromatic carbocycles. The Morgan fingerprint density at radius 1 is 1.20 bits per heavy atom. The summed E-state index contributed by atoms with van der Waals surface area (Å²) in [5.74, 6) is 0.741. The van der Waals surface area contributed by atoms with E-state index in [0.717, 1.165) is 31.6 Å². The predicted octanol–water partition coefficient (Wildman–Crippen LogP) is 2.81. The number of benzene rings is 1. The Kier molecular flexibility index (Phi) is 4.79. The van der Waals surface area contributed by atoms with Gasteiger partial charge < -0.3 is 0 Å². The van der Waals surface area contributed by atoms with Crippen LogP contribution >= 0.6 is 0 Å². The van der Waals surface area contributed by atoms with Crippen molar-refractivity contribution in [2.24, 2.45) is 5.92 Å². The molecule has 1 aromatic rings. The average Bonchev–Trinajstić information content (AvgIpc) is 2.48. The zero-order valence-electron chi connectivity index (χ0n) is 11.7. The van der Waals surface area contributed by atoms with Crippen LogP contribution in [0.2, 0.25) is 0 Å². The van der Waals surface area contributed by atoms with Gasteiger partial charge in [0.05, 0.1) is 16.5 Å². The van der Waals surface area contributed by atoms with E-state index in [1.54, 1.807) is 0 Å². The summed E-state index contributed by atoms with van der Waals surface area (Å²) in [7, 11) is -3.47. The summed E-state index contributed by atoms with van der Waals surface area (Å²) in [6, 6.07) is 8.05. The molecule has 1 fully saturated rings. The van der Waals surface area contributed by atoms with Gasteiger partial charge in [0.15, 0.2) is 0 Å². The Labute approximate surface area is 120 Å². The molecule has 0 radical (unpaired) electrons. The van der Waals surface area contributed by atoms with Gasteiger partial charge in [-0.2, -0.15) is 5.26 Å². The molecule has 2 rings (SSSR count). The summed E-state index contributed by atoms with van der Waals surface area (Å²) in [5, 5.41) is 8.73. The van der Waals surface area contributed by atoms with Crippen molar-refractivity contribution in [2.75, 3.05) is 0 Å². The van der Waals surface area contributed by atoms with Crippen molar-refractivity contribution in [3.05, 3.63) is 29.8 Å². The molecule has 0 aliphatic heterocycles. The molecule has 1 aliphatic rings. The minimum absolute atomic E-state index is 0.0402. The first-order valence-corrected chi connectivity index (χ1v) is 8.56. The first kappa shape index (κ1) is 15.0. The van der Waals surface area contributed by atoms with Crippen LogP contribution in [0.25, 0.3) is 0 Å². The zero-order valence-corrected chi connectivity index (χ0v) is 12.5. The fourth-order valence-corrected chi connectivity index (χ4v) is 3.99. The lowest BCUT2D eigenvalue weighted by molar-refractivity contribution is 0.306. The highest BCUT2D eigenvalue weighted by molar-refractivity contribution is 7.89. The third kappa shape index (κ3) is 3.59. The van der Waals surface area contributed by atoms with Gasteiger partial charge in [0, 0.05) is 6.04 Å². The van der Waals surface area contributed by atoms with Crippen LogP contribution in [0.3, 0.4) is 0 Å². The molecule has 0 aromatic heterocycles. The molecule has 0 atom stereocenters. The number of rotatable bonds is 4. The molecule has 0 spiro atoms. The van der Waals surface area contributed by atoms with Gasteiger partial charge in [0.1, 0.15) is 0 Å². The molecule has 1 saturated carbocycles. The Balaban J connectivity index is 2.02.